The third-order valence-corrected chi connectivity index (χ3v) is 0. The van der Waals surface area contributed by atoms with E-state index in [0.717, 1.165) is 0 Å². The third-order valence-electron chi connectivity index (χ3n) is 0. The average molecular weight is 313 g/mol. The predicted octanol–water partition coefficient (Wildman–Crippen LogP) is -1.95. The number of rotatable bonds is 0. The van der Waals surface area contributed by atoms with Crippen molar-refractivity contribution in [2.75, 3.05) is 0 Å². The molecule has 0 spiro atoms. The van der Waals surface area contributed by atoms with Gasteiger partial charge in [0, 0.05) is 20.1 Å². The Balaban J connectivity index is 0. The van der Waals surface area contributed by atoms with Crippen LogP contribution < -0.4 is 0 Å². The molecule has 0 N–H and O–H groups in total. The Hall–Kier alpha value is 5.56. The van der Waals surface area contributed by atoms with Crippen molar-refractivity contribution < 1.29 is 20.1 Å². The maximum absolute atomic E-state index is 0. The molecule has 0 bridgehead atoms. The molecule has 0 heterocycles. The van der Waals surface area contributed by atoms with Crippen LogP contribution in [0.4, 0.5) is 0 Å². The van der Waals surface area contributed by atoms with Gasteiger partial charge in [0.2, 0.25) is 0 Å². The quantitative estimate of drug-likeness (QED) is 0.456. The van der Waals surface area contributed by atoms with Crippen molar-refractivity contribution in [3.8, 4) is 0 Å². The zero-order chi connectivity index (χ0) is 0. The standard InChI is InChI=1S/Ir.3K.3H. The van der Waals surface area contributed by atoms with E-state index >= 15 is 0 Å². The van der Waals surface area contributed by atoms with E-state index in [9.17, 15) is 0 Å². The van der Waals surface area contributed by atoms with Crippen molar-refractivity contribution in [3.05, 3.63) is 0 Å². The van der Waals surface area contributed by atoms with Gasteiger partial charge in [-0.15, -0.1) is 0 Å². The molecule has 1 radical (unpaired) electrons. The minimum absolute atomic E-state index is 0. The molecule has 0 aromatic rings. The molecule has 0 aliphatic rings. The minimum atomic E-state index is 0. The first-order valence-electron chi connectivity index (χ1n) is 0. The van der Waals surface area contributed by atoms with Gasteiger partial charge in [-0.05, 0) is 0 Å². The summed E-state index contributed by atoms with van der Waals surface area (Å²) < 4.78 is 0. The van der Waals surface area contributed by atoms with E-state index in [1.54, 1.807) is 0 Å². The summed E-state index contributed by atoms with van der Waals surface area (Å²) in [7, 11) is 0. The third kappa shape index (κ3) is 10.5. The van der Waals surface area contributed by atoms with Crippen LogP contribution in [0, 0.1) is 0 Å². The topological polar surface area (TPSA) is 0 Å². The Labute approximate surface area is 168 Å². The van der Waals surface area contributed by atoms with Gasteiger partial charge >= 0.3 is 154 Å². The summed E-state index contributed by atoms with van der Waals surface area (Å²) in [5, 5.41) is 0. The molecule has 0 nitrogen and oxygen atoms in total. The van der Waals surface area contributed by atoms with Gasteiger partial charge in [-0.3, -0.25) is 0 Å². The van der Waals surface area contributed by atoms with E-state index in [1.165, 1.54) is 0 Å². The number of hydrogen-bond donors (Lipinski definition) is 0. The van der Waals surface area contributed by atoms with Gasteiger partial charge in [-0.2, -0.15) is 0 Å². The first-order valence-corrected chi connectivity index (χ1v) is 0. The second-order valence-corrected chi connectivity index (χ2v) is 0. The molecule has 4 heteroatoms. The summed E-state index contributed by atoms with van der Waals surface area (Å²) in [4.78, 5) is 0. The van der Waals surface area contributed by atoms with Gasteiger partial charge < -0.3 is 0 Å². The molecule has 0 unspecified atom stereocenters. The maximum atomic E-state index is 0. The second kappa shape index (κ2) is 15.8. The summed E-state index contributed by atoms with van der Waals surface area (Å²) in [6, 6.07) is 0. The Kier molecular flexibility index (Phi) is 89.7. The normalized spacial score (nSPS) is 0. The van der Waals surface area contributed by atoms with Gasteiger partial charge in [0.05, 0.1) is 0 Å². The van der Waals surface area contributed by atoms with Crippen molar-refractivity contribution >= 4 is 154 Å². The van der Waals surface area contributed by atoms with Crippen LogP contribution in [-0.4, -0.2) is 154 Å². The molecular formula is H3IrK3. The van der Waals surface area contributed by atoms with Crippen LogP contribution >= 0.6 is 0 Å². The van der Waals surface area contributed by atoms with Crippen LogP contribution in [0.25, 0.3) is 0 Å². The van der Waals surface area contributed by atoms with Crippen molar-refractivity contribution in [1.82, 2.24) is 0 Å². The zero-order valence-electron chi connectivity index (χ0n) is 0.333. The molecule has 0 aromatic carbocycles. The monoisotopic (exact) mass is 313 g/mol. The molecule has 0 saturated carbocycles. The van der Waals surface area contributed by atoms with Crippen LogP contribution in [0.2, 0.25) is 0 Å². The van der Waals surface area contributed by atoms with E-state index < -0.39 is 0 Å². The Bertz CT molecular complexity index is 3.25. The summed E-state index contributed by atoms with van der Waals surface area (Å²) >= 11 is 0. The zero-order valence-corrected chi connectivity index (χ0v) is 2.73. The van der Waals surface area contributed by atoms with Gasteiger partial charge in [0.15, 0.2) is 0 Å². The average Bonchev–Trinajstić information content (AvgIpc) is 0. The molecule has 15 valence electrons. The van der Waals surface area contributed by atoms with Crippen molar-refractivity contribution in [2.45, 2.75) is 0 Å². The van der Waals surface area contributed by atoms with Crippen molar-refractivity contribution in [3.63, 3.8) is 0 Å². The predicted molar refractivity (Wildman–Crippen MR) is 21.4 cm³/mol. The molecule has 0 saturated heterocycles. The molecule has 0 amide bonds. The summed E-state index contributed by atoms with van der Waals surface area (Å²) in [5.41, 5.74) is 0. The van der Waals surface area contributed by atoms with E-state index in [1.807, 2.05) is 0 Å². The van der Waals surface area contributed by atoms with Crippen LogP contribution in [0.5, 0.6) is 0 Å². The molecule has 0 aliphatic carbocycles. The summed E-state index contributed by atoms with van der Waals surface area (Å²) in [5.74, 6) is 0. The van der Waals surface area contributed by atoms with E-state index in [0.29, 0.717) is 0 Å². The second-order valence-electron chi connectivity index (χ2n) is 0. The van der Waals surface area contributed by atoms with E-state index in [-0.39, 0.29) is 174 Å². The molecule has 0 fully saturated rings. The van der Waals surface area contributed by atoms with Gasteiger partial charge in [0.25, 0.3) is 0 Å². The van der Waals surface area contributed by atoms with E-state index in [4.69, 9.17) is 0 Å². The van der Waals surface area contributed by atoms with Crippen LogP contribution in [-0.2, 0) is 20.1 Å². The fourth-order valence-corrected chi connectivity index (χ4v) is 0. The Morgan fingerprint density at radius 1 is 0.500 bits per heavy atom. The summed E-state index contributed by atoms with van der Waals surface area (Å²) in [6.45, 7) is 0. The van der Waals surface area contributed by atoms with Crippen LogP contribution in [0.3, 0.4) is 0 Å². The fraction of sp³-hybridized carbons (Fsp3) is 0. The Morgan fingerprint density at radius 3 is 0.500 bits per heavy atom. The van der Waals surface area contributed by atoms with Crippen LogP contribution in [0.1, 0.15) is 0 Å². The molecule has 0 atom stereocenters. The van der Waals surface area contributed by atoms with Gasteiger partial charge in [-0.1, -0.05) is 0 Å². The van der Waals surface area contributed by atoms with Crippen LogP contribution in [0.15, 0.2) is 0 Å². The molecule has 4 heavy (non-hydrogen) atoms. The summed E-state index contributed by atoms with van der Waals surface area (Å²) in [6.07, 6.45) is 0. The van der Waals surface area contributed by atoms with Crippen molar-refractivity contribution in [1.29, 1.82) is 0 Å². The fourth-order valence-electron chi connectivity index (χ4n) is 0. The first kappa shape index (κ1) is 22.7. The molecule has 0 aromatic heterocycles. The van der Waals surface area contributed by atoms with E-state index in [2.05, 4.69) is 0 Å². The molecule has 0 rings (SSSR count). The Morgan fingerprint density at radius 2 is 0.500 bits per heavy atom. The number of hydrogen-bond acceptors (Lipinski definition) is 0. The first-order chi connectivity index (χ1) is 0. The van der Waals surface area contributed by atoms with Crippen molar-refractivity contribution in [2.24, 2.45) is 0 Å². The molecule has 0 aliphatic heterocycles. The van der Waals surface area contributed by atoms with Gasteiger partial charge in [0.1, 0.15) is 0 Å². The van der Waals surface area contributed by atoms with Gasteiger partial charge in [-0.25, -0.2) is 0 Å². The molecular weight excluding hydrogens is 310 g/mol. The SMILES string of the molecule is [Ir].[KH].[KH].[KH].